The van der Waals surface area contributed by atoms with Gasteiger partial charge in [0.05, 0.1) is 21.2 Å². The highest BCUT2D eigenvalue weighted by Crippen LogP contribution is 2.26. The summed E-state index contributed by atoms with van der Waals surface area (Å²) in [6.07, 6.45) is 0. The van der Waals surface area contributed by atoms with E-state index in [2.05, 4.69) is 5.32 Å². The van der Waals surface area contributed by atoms with Gasteiger partial charge >= 0.3 is 0 Å². The molecule has 0 bridgehead atoms. The molecule has 23 heavy (non-hydrogen) atoms. The Morgan fingerprint density at radius 1 is 1.17 bits per heavy atom. The summed E-state index contributed by atoms with van der Waals surface area (Å²) in [5.74, 6) is -0.343. The van der Waals surface area contributed by atoms with E-state index in [0.29, 0.717) is 12.2 Å². The Balaban J connectivity index is 2.42. The Hall–Kier alpha value is -2.05. The van der Waals surface area contributed by atoms with E-state index < -0.39 is 10.0 Å². The predicted molar refractivity (Wildman–Crippen MR) is 91.5 cm³/mol. The second kappa shape index (κ2) is 7.02. The zero-order chi connectivity index (χ0) is 17.0. The van der Waals surface area contributed by atoms with Crippen LogP contribution in [0.1, 0.15) is 17.3 Å². The average molecular weight is 353 g/mol. The van der Waals surface area contributed by atoms with Gasteiger partial charge < -0.3 is 5.32 Å². The number of hydrogen-bond donors (Lipinski definition) is 1. The minimum Gasteiger partial charge on any atom is -0.352 e. The van der Waals surface area contributed by atoms with E-state index >= 15 is 0 Å². The summed E-state index contributed by atoms with van der Waals surface area (Å²) in [5, 5.41) is 2.92. The monoisotopic (exact) mass is 352 g/mol. The molecule has 7 heteroatoms. The number of carbonyl (C=O) groups excluding carboxylic acids is 1. The zero-order valence-electron chi connectivity index (χ0n) is 12.8. The first kappa shape index (κ1) is 17.3. The molecule has 0 aromatic heterocycles. The molecule has 5 nitrogen and oxygen atoms in total. The van der Waals surface area contributed by atoms with Crippen molar-refractivity contribution in [3.05, 3.63) is 59.1 Å². The van der Waals surface area contributed by atoms with Crippen molar-refractivity contribution in [2.45, 2.75) is 11.8 Å². The second-order valence-corrected chi connectivity index (χ2v) is 7.19. The van der Waals surface area contributed by atoms with E-state index in [0.717, 1.165) is 4.31 Å². The minimum absolute atomic E-state index is 0.178. The van der Waals surface area contributed by atoms with Crippen LogP contribution in [0.15, 0.2) is 53.4 Å². The third kappa shape index (κ3) is 3.65. The van der Waals surface area contributed by atoms with E-state index in [1.165, 1.54) is 31.3 Å². The second-order valence-electron chi connectivity index (χ2n) is 4.81. The molecule has 0 aliphatic heterocycles. The normalized spacial score (nSPS) is 11.1. The molecular formula is C16H17ClN2O3S. The first-order chi connectivity index (χ1) is 10.9. The highest BCUT2D eigenvalue weighted by Gasteiger charge is 2.22. The molecular weight excluding hydrogens is 336 g/mol. The summed E-state index contributed by atoms with van der Waals surface area (Å²) in [5.41, 5.74) is 0.598. The number of hydrogen-bond acceptors (Lipinski definition) is 3. The van der Waals surface area contributed by atoms with Crippen LogP contribution in [0, 0.1) is 0 Å². The quantitative estimate of drug-likeness (QED) is 0.899. The van der Waals surface area contributed by atoms with Gasteiger partial charge in [-0.1, -0.05) is 29.8 Å². The largest absolute Gasteiger partial charge is 0.352 e. The molecule has 0 saturated carbocycles. The van der Waals surface area contributed by atoms with Crippen LogP contribution in [-0.4, -0.2) is 27.9 Å². The van der Waals surface area contributed by atoms with Crippen LogP contribution in [-0.2, 0) is 10.0 Å². The molecule has 0 fully saturated rings. The van der Waals surface area contributed by atoms with Gasteiger partial charge in [-0.2, -0.15) is 0 Å². The third-order valence-corrected chi connectivity index (χ3v) is 5.43. The SMILES string of the molecule is CCNC(=O)c1cc(N(C)S(=O)(=O)c2ccccc2)ccc1Cl. The highest BCUT2D eigenvalue weighted by atomic mass is 35.5. The van der Waals surface area contributed by atoms with Crippen molar-refractivity contribution in [1.82, 2.24) is 5.32 Å². The van der Waals surface area contributed by atoms with E-state index in [9.17, 15) is 13.2 Å². The van der Waals surface area contributed by atoms with Crippen LogP contribution in [0.3, 0.4) is 0 Å². The Bertz CT molecular complexity index is 807. The highest BCUT2D eigenvalue weighted by molar-refractivity contribution is 7.92. The summed E-state index contributed by atoms with van der Waals surface area (Å²) in [7, 11) is -2.26. The number of benzene rings is 2. The third-order valence-electron chi connectivity index (χ3n) is 3.30. The molecule has 0 spiro atoms. The number of nitrogens with zero attached hydrogens (tertiary/aromatic N) is 1. The molecule has 1 N–H and O–H groups in total. The number of anilines is 1. The van der Waals surface area contributed by atoms with Crippen LogP contribution in [0.4, 0.5) is 5.69 Å². The van der Waals surface area contributed by atoms with Crippen LogP contribution in [0.2, 0.25) is 5.02 Å². The topological polar surface area (TPSA) is 66.5 Å². The average Bonchev–Trinajstić information content (AvgIpc) is 2.55. The van der Waals surface area contributed by atoms with Gasteiger partial charge in [0.15, 0.2) is 0 Å². The van der Waals surface area contributed by atoms with Gasteiger partial charge in [0.1, 0.15) is 0 Å². The maximum atomic E-state index is 12.6. The van der Waals surface area contributed by atoms with Crippen molar-refractivity contribution >= 4 is 33.2 Å². The van der Waals surface area contributed by atoms with Crippen molar-refractivity contribution in [2.24, 2.45) is 0 Å². The van der Waals surface area contributed by atoms with Crippen molar-refractivity contribution in [2.75, 3.05) is 17.9 Å². The lowest BCUT2D eigenvalue weighted by Crippen LogP contribution is -2.27. The summed E-state index contributed by atoms with van der Waals surface area (Å²) in [6, 6.07) is 12.6. The van der Waals surface area contributed by atoms with Crippen LogP contribution >= 0.6 is 11.6 Å². The molecule has 0 saturated heterocycles. The standard InChI is InChI=1S/C16H17ClN2O3S/c1-3-18-16(20)14-11-12(9-10-15(14)17)19(2)23(21,22)13-7-5-4-6-8-13/h4-11H,3H2,1-2H3,(H,18,20). The fourth-order valence-corrected chi connectivity index (χ4v) is 3.44. The number of halogens is 1. The maximum Gasteiger partial charge on any atom is 0.264 e. The summed E-state index contributed by atoms with van der Waals surface area (Å²) < 4.78 is 26.4. The van der Waals surface area contributed by atoms with Gasteiger partial charge in [-0.3, -0.25) is 9.10 Å². The number of nitrogens with one attached hydrogen (secondary N) is 1. The molecule has 2 aromatic rings. The molecule has 122 valence electrons. The number of rotatable bonds is 5. The van der Waals surface area contributed by atoms with Crippen molar-refractivity contribution in [1.29, 1.82) is 0 Å². The van der Waals surface area contributed by atoms with Crippen molar-refractivity contribution in [3.8, 4) is 0 Å². The fourth-order valence-electron chi connectivity index (χ4n) is 2.03. The molecule has 0 radical (unpaired) electrons. The molecule has 1 amide bonds. The van der Waals surface area contributed by atoms with Crippen molar-refractivity contribution < 1.29 is 13.2 Å². The molecule has 0 atom stereocenters. The number of carbonyl (C=O) groups is 1. The Morgan fingerprint density at radius 3 is 2.43 bits per heavy atom. The van der Waals surface area contributed by atoms with Gasteiger partial charge in [0, 0.05) is 13.6 Å². The summed E-state index contributed by atoms with van der Waals surface area (Å²) >= 11 is 6.03. The molecule has 0 aliphatic rings. The molecule has 2 aromatic carbocycles. The minimum atomic E-state index is -3.70. The lowest BCUT2D eigenvalue weighted by atomic mass is 10.2. The van der Waals surface area contributed by atoms with Crippen LogP contribution in [0.5, 0.6) is 0 Å². The lowest BCUT2D eigenvalue weighted by Gasteiger charge is -2.20. The maximum absolute atomic E-state index is 12.6. The van der Waals surface area contributed by atoms with Gasteiger partial charge in [0.2, 0.25) is 0 Å². The predicted octanol–water partition coefficient (Wildman–Crippen LogP) is 2.91. The zero-order valence-corrected chi connectivity index (χ0v) is 14.4. The Kier molecular flexibility index (Phi) is 5.28. The number of amides is 1. The lowest BCUT2D eigenvalue weighted by molar-refractivity contribution is 0.0956. The first-order valence-electron chi connectivity index (χ1n) is 6.99. The van der Waals surface area contributed by atoms with E-state index in [1.54, 1.807) is 31.2 Å². The van der Waals surface area contributed by atoms with Crippen LogP contribution < -0.4 is 9.62 Å². The molecule has 0 aliphatic carbocycles. The smallest absolute Gasteiger partial charge is 0.264 e. The van der Waals surface area contributed by atoms with Gasteiger partial charge in [-0.05, 0) is 37.3 Å². The summed E-state index contributed by atoms with van der Waals surface area (Å²) in [6.45, 7) is 2.25. The van der Waals surface area contributed by atoms with Crippen molar-refractivity contribution in [3.63, 3.8) is 0 Å². The van der Waals surface area contributed by atoms with E-state index in [1.807, 2.05) is 0 Å². The van der Waals surface area contributed by atoms with Gasteiger partial charge in [-0.25, -0.2) is 8.42 Å². The fraction of sp³-hybridized carbons (Fsp3) is 0.188. The van der Waals surface area contributed by atoms with Crippen LogP contribution in [0.25, 0.3) is 0 Å². The molecule has 0 heterocycles. The first-order valence-corrected chi connectivity index (χ1v) is 8.81. The molecule has 0 unspecified atom stereocenters. The Labute approximate surface area is 140 Å². The van der Waals surface area contributed by atoms with Gasteiger partial charge in [-0.15, -0.1) is 0 Å². The molecule has 2 rings (SSSR count). The summed E-state index contributed by atoms with van der Waals surface area (Å²) in [4.78, 5) is 12.2. The van der Waals surface area contributed by atoms with E-state index in [-0.39, 0.29) is 21.4 Å². The number of sulfonamides is 1. The van der Waals surface area contributed by atoms with E-state index in [4.69, 9.17) is 11.6 Å². The Morgan fingerprint density at radius 2 is 1.83 bits per heavy atom. The van der Waals surface area contributed by atoms with Gasteiger partial charge in [0.25, 0.3) is 15.9 Å².